The highest BCUT2D eigenvalue weighted by atomic mass is 16.5. The molecule has 0 bridgehead atoms. The molecule has 94 valence electrons. The van der Waals surface area contributed by atoms with Crippen LogP contribution in [-0.2, 0) is 9.53 Å². The van der Waals surface area contributed by atoms with Gasteiger partial charge < -0.3 is 10.5 Å². The zero-order chi connectivity index (χ0) is 12.5. The molecule has 0 radical (unpaired) electrons. The molecule has 1 aliphatic heterocycles. The maximum absolute atomic E-state index is 11.7. The third-order valence-corrected chi connectivity index (χ3v) is 3.56. The molecule has 1 saturated heterocycles. The summed E-state index contributed by atoms with van der Waals surface area (Å²) in [6.07, 6.45) is 8.76. The number of hydrogen-bond donors (Lipinski definition) is 1. The Balaban J connectivity index is 2.21. The van der Waals surface area contributed by atoms with Gasteiger partial charge in [0, 0.05) is 13.0 Å². The van der Waals surface area contributed by atoms with Gasteiger partial charge in [-0.2, -0.15) is 0 Å². The largest absolute Gasteiger partial charge is 0.468 e. The number of likely N-dealkylation sites (tertiary alicyclic amines) is 1. The lowest BCUT2D eigenvalue weighted by atomic mass is 9.95. The third kappa shape index (κ3) is 2.28. The predicted molar refractivity (Wildman–Crippen MR) is 66.2 cm³/mol. The molecule has 1 fully saturated rings. The Morgan fingerprint density at radius 3 is 3.06 bits per heavy atom. The molecule has 2 rings (SSSR count). The van der Waals surface area contributed by atoms with Gasteiger partial charge in [-0.05, 0) is 25.8 Å². The molecule has 0 amide bonds. The Hall–Kier alpha value is -1.13. The van der Waals surface area contributed by atoms with Crippen LogP contribution in [-0.4, -0.2) is 36.2 Å². The molecule has 4 nitrogen and oxygen atoms in total. The average molecular weight is 236 g/mol. The number of esters is 1. The molecule has 2 atom stereocenters. The van der Waals surface area contributed by atoms with Gasteiger partial charge in [0.15, 0.2) is 0 Å². The normalized spacial score (nSPS) is 33.6. The summed E-state index contributed by atoms with van der Waals surface area (Å²) < 4.78 is 4.85. The van der Waals surface area contributed by atoms with Gasteiger partial charge in [-0.3, -0.25) is 9.69 Å². The van der Waals surface area contributed by atoms with E-state index >= 15 is 0 Å². The quantitative estimate of drug-likeness (QED) is 0.732. The minimum atomic E-state index is -0.534. The predicted octanol–water partition coefficient (Wildman–Crippen LogP) is 1.18. The molecular formula is C13H20N2O2. The van der Waals surface area contributed by atoms with Crippen LogP contribution < -0.4 is 5.73 Å². The molecule has 1 aliphatic carbocycles. The van der Waals surface area contributed by atoms with Gasteiger partial charge in [0.1, 0.15) is 6.04 Å². The van der Waals surface area contributed by atoms with Crippen molar-refractivity contribution in [1.29, 1.82) is 0 Å². The number of nitrogens with two attached hydrogens (primary N) is 1. The standard InChI is InChI=1S/C13H20N2O2/c1-10-5-3-7-13(14,9-10)15-8-4-6-11(15)12(16)17-2/h3,5,9,11H,4,6-8,14H2,1-2H3/t11-,13-/m0/s1. The van der Waals surface area contributed by atoms with Gasteiger partial charge in [-0.25, -0.2) is 0 Å². The summed E-state index contributed by atoms with van der Waals surface area (Å²) in [6.45, 7) is 2.88. The van der Waals surface area contributed by atoms with Crippen LogP contribution in [0.4, 0.5) is 0 Å². The monoisotopic (exact) mass is 236 g/mol. The fourth-order valence-corrected chi connectivity index (χ4v) is 2.78. The molecule has 0 aromatic carbocycles. The van der Waals surface area contributed by atoms with E-state index in [9.17, 15) is 4.79 Å². The van der Waals surface area contributed by atoms with Crippen LogP contribution in [0.25, 0.3) is 0 Å². The molecule has 0 spiro atoms. The lowest BCUT2D eigenvalue weighted by Crippen LogP contribution is -2.58. The number of nitrogens with zero attached hydrogens (tertiary/aromatic N) is 1. The number of carbonyl (C=O) groups is 1. The lowest BCUT2D eigenvalue weighted by molar-refractivity contribution is -0.147. The molecule has 17 heavy (non-hydrogen) atoms. The summed E-state index contributed by atoms with van der Waals surface area (Å²) in [7, 11) is 1.43. The summed E-state index contributed by atoms with van der Waals surface area (Å²) in [5.41, 5.74) is 7.04. The smallest absolute Gasteiger partial charge is 0.323 e. The first-order chi connectivity index (χ1) is 8.07. The summed E-state index contributed by atoms with van der Waals surface area (Å²) >= 11 is 0. The Bertz CT molecular complexity index is 376. The van der Waals surface area contributed by atoms with E-state index in [1.807, 2.05) is 13.0 Å². The van der Waals surface area contributed by atoms with E-state index in [1.165, 1.54) is 7.11 Å². The first-order valence-corrected chi connectivity index (χ1v) is 6.06. The topological polar surface area (TPSA) is 55.6 Å². The zero-order valence-corrected chi connectivity index (χ0v) is 10.5. The van der Waals surface area contributed by atoms with Crippen molar-refractivity contribution in [2.24, 2.45) is 5.73 Å². The highest BCUT2D eigenvalue weighted by Gasteiger charge is 2.42. The van der Waals surface area contributed by atoms with Crippen LogP contribution >= 0.6 is 0 Å². The fraction of sp³-hybridized carbons (Fsp3) is 0.615. The molecule has 0 aromatic heterocycles. The van der Waals surface area contributed by atoms with E-state index in [0.717, 1.165) is 31.4 Å². The Morgan fingerprint density at radius 1 is 1.65 bits per heavy atom. The number of rotatable bonds is 2. The second-order valence-corrected chi connectivity index (χ2v) is 4.86. The summed E-state index contributed by atoms with van der Waals surface area (Å²) in [4.78, 5) is 13.8. The van der Waals surface area contributed by atoms with Gasteiger partial charge >= 0.3 is 5.97 Å². The van der Waals surface area contributed by atoms with Crippen molar-refractivity contribution < 1.29 is 9.53 Å². The molecule has 2 aliphatic rings. The maximum Gasteiger partial charge on any atom is 0.323 e. The van der Waals surface area contributed by atoms with Crippen LogP contribution in [0.15, 0.2) is 23.8 Å². The van der Waals surface area contributed by atoms with Gasteiger partial charge in [0.05, 0.1) is 12.8 Å². The average Bonchev–Trinajstić information content (AvgIpc) is 2.77. The fourth-order valence-electron chi connectivity index (χ4n) is 2.78. The van der Waals surface area contributed by atoms with Crippen LogP contribution in [0, 0.1) is 0 Å². The zero-order valence-electron chi connectivity index (χ0n) is 10.5. The minimum absolute atomic E-state index is 0.173. The second kappa shape index (κ2) is 4.63. The number of ether oxygens (including phenoxy) is 1. The minimum Gasteiger partial charge on any atom is -0.468 e. The molecule has 0 unspecified atom stereocenters. The highest BCUT2D eigenvalue weighted by molar-refractivity contribution is 5.76. The SMILES string of the molecule is COC(=O)[C@@H]1CCCN1[C@]1(N)C=C(C)C=CC1. The Labute approximate surface area is 102 Å². The van der Waals surface area contributed by atoms with Crippen molar-refractivity contribution in [1.82, 2.24) is 4.90 Å². The highest BCUT2D eigenvalue weighted by Crippen LogP contribution is 2.31. The summed E-state index contributed by atoms with van der Waals surface area (Å²) in [5.74, 6) is -0.173. The van der Waals surface area contributed by atoms with Gasteiger partial charge in [-0.1, -0.05) is 17.7 Å². The molecule has 4 heteroatoms. The Morgan fingerprint density at radius 2 is 2.41 bits per heavy atom. The van der Waals surface area contributed by atoms with Crippen LogP contribution in [0.3, 0.4) is 0 Å². The van der Waals surface area contributed by atoms with Crippen molar-refractivity contribution in [3.63, 3.8) is 0 Å². The van der Waals surface area contributed by atoms with Crippen molar-refractivity contribution >= 4 is 5.97 Å². The van der Waals surface area contributed by atoms with E-state index in [2.05, 4.69) is 17.1 Å². The van der Waals surface area contributed by atoms with E-state index in [1.54, 1.807) is 0 Å². The molecule has 0 saturated carbocycles. The summed E-state index contributed by atoms with van der Waals surface area (Å²) in [6, 6.07) is -0.194. The van der Waals surface area contributed by atoms with E-state index in [4.69, 9.17) is 10.5 Å². The van der Waals surface area contributed by atoms with E-state index < -0.39 is 5.66 Å². The van der Waals surface area contributed by atoms with Crippen LogP contribution in [0.1, 0.15) is 26.2 Å². The molecular weight excluding hydrogens is 216 g/mol. The van der Waals surface area contributed by atoms with E-state index in [0.29, 0.717) is 0 Å². The number of allylic oxidation sites excluding steroid dienone is 2. The van der Waals surface area contributed by atoms with Gasteiger partial charge in [0.25, 0.3) is 0 Å². The lowest BCUT2D eigenvalue weighted by Gasteiger charge is -2.40. The number of methoxy groups -OCH3 is 1. The number of carbonyl (C=O) groups excluding carboxylic acids is 1. The van der Waals surface area contributed by atoms with E-state index in [-0.39, 0.29) is 12.0 Å². The summed E-state index contributed by atoms with van der Waals surface area (Å²) in [5, 5.41) is 0. The first-order valence-electron chi connectivity index (χ1n) is 6.06. The molecule has 0 aromatic rings. The van der Waals surface area contributed by atoms with Crippen LogP contribution in [0.5, 0.6) is 0 Å². The molecule has 2 N–H and O–H groups in total. The van der Waals surface area contributed by atoms with Gasteiger partial charge in [0.2, 0.25) is 0 Å². The van der Waals surface area contributed by atoms with Gasteiger partial charge in [-0.15, -0.1) is 0 Å². The van der Waals surface area contributed by atoms with Crippen molar-refractivity contribution in [2.75, 3.05) is 13.7 Å². The third-order valence-electron chi connectivity index (χ3n) is 3.56. The van der Waals surface area contributed by atoms with Crippen LogP contribution in [0.2, 0.25) is 0 Å². The maximum atomic E-state index is 11.7. The Kier molecular flexibility index (Phi) is 3.35. The number of hydrogen-bond acceptors (Lipinski definition) is 4. The second-order valence-electron chi connectivity index (χ2n) is 4.86. The first kappa shape index (κ1) is 12.3. The van der Waals surface area contributed by atoms with Crippen molar-refractivity contribution in [3.8, 4) is 0 Å². The van der Waals surface area contributed by atoms with Crippen molar-refractivity contribution in [2.45, 2.75) is 37.9 Å². The molecule has 1 heterocycles. The van der Waals surface area contributed by atoms with Crippen molar-refractivity contribution in [3.05, 3.63) is 23.8 Å².